The lowest BCUT2D eigenvalue weighted by Crippen LogP contribution is -1.87. The fourth-order valence-electron chi connectivity index (χ4n) is 2.11. The summed E-state index contributed by atoms with van der Waals surface area (Å²) in [7, 11) is 0. The van der Waals surface area contributed by atoms with Crippen LogP contribution in [0.2, 0.25) is 0 Å². The summed E-state index contributed by atoms with van der Waals surface area (Å²) in [5.41, 5.74) is 3.57. The maximum atomic E-state index is 5.87. The van der Waals surface area contributed by atoms with Gasteiger partial charge in [0.05, 0.1) is 0 Å². The quantitative estimate of drug-likeness (QED) is 0.608. The fourth-order valence-corrected chi connectivity index (χ4v) is 2.11. The Labute approximate surface area is 83.0 Å². The van der Waals surface area contributed by atoms with Gasteiger partial charge in [-0.1, -0.05) is 30.4 Å². The van der Waals surface area contributed by atoms with Gasteiger partial charge in [-0.2, -0.15) is 0 Å². The Morgan fingerprint density at radius 3 is 3.14 bits per heavy atom. The highest BCUT2D eigenvalue weighted by Crippen LogP contribution is 2.32. The van der Waals surface area contributed by atoms with E-state index in [1.807, 2.05) is 0 Å². The zero-order chi connectivity index (χ0) is 9.54. The minimum atomic E-state index is 1.04. The van der Waals surface area contributed by atoms with E-state index in [1.165, 1.54) is 16.5 Å². The number of allylic oxidation sites excluding steroid dienone is 1. The van der Waals surface area contributed by atoms with E-state index in [-0.39, 0.29) is 0 Å². The lowest BCUT2D eigenvalue weighted by molar-refractivity contribution is 0.544. The van der Waals surface area contributed by atoms with Gasteiger partial charge in [0.2, 0.25) is 0 Å². The maximum absolute atomic E-state index is 5.87. The normalized spacial score (nSPS) is 14.6. The molecule has 1 aliphatic carbocycles. The van der Waals surface area contributed by atoms with Crippen molar-refractivity contribution in [1.29, 1.82) is 0 Å². The Hall–Kier alpha value is -1.50. The number of furan rings is 1. The molecule has 1 heteroatoms. The molecule has 0 atom stereocenters. The predicted octanol–water partition coefficient (Wildman–Crippen LogP) is 3.70. The Kier molecular flexibility index (Phi) is 1.54. The number of aryl methyl sites for hydroxylation is 2. The molecule has 1 nitrogen and oxygen atoms in total. The summed E-state index contributed by atoms with van der Waals surface area (Å²) in [4.78, 5) is 0. The number of benzene rings is 1. The van der Waals surface area contributed by atoms with Gasteiger partial charge in [-0.15, -0.1) is 0 Å². The molecule has 0 bridgehead atoms. The van der Waals surface area contributed by atoms with Crippen molar-refractivity contribution >= 4 is 17.0 Å². The standard InChI is InChI=1S/C13H12O/c1-9-5-4-7-11-10-6-2-3-8-12(10)14-13(9)11/h2,4-7H,3,8H2,1H3. The van der Waals surface area contributed by atoms with E-state index in [4.69, 9.17) is 4.42 Å². The van der Waals surface area contributed by atoms with Crippen molar-refractivity contribution < 1.29 is 4.42 Å². The van der Waals surface area contributed by atoms with Crippen LogP contribution in [0.5, 0.6) is 0 Å². The lowest BCUT2D eigenvalue weighted by Gasteiger charge is -2.00. The third kappa shape index (κ3) is 0.955. The van der Waals surface area contributed by atoms with Gasteiger partial charge in [-0.05, 0) is 18.9 Å². The maximum Gasteiger partial charge on any atom is 0.137 e. The molecule has 2 aromatic rings. The molecule has 0 N–H and O–H groups in total. The molecular weight excluding hydrogens is 172 g/mol. The monoisotopic (exact) mass is 184 g/mol. The molecule has 0 radical (unpaired) electrons. The van der Waals surface area contributed by atoms with E-state index in [9.17, 15) is 0 Å². The van der Waals surface area contributed by atoms with Gasteiger partial charge in [0, 0.05) is 17.4 Å². The van der Waals surface area contributed by atoms with Crippen LogP contribution in [0.4, 0.5) is 0 Å². The molecular formula is C13H12O. The Bertz CT molecular complexity index is 517. The molecule has 1 aromatic carbocycles. The van der Waals surface area contributed by atoms with E-state index in [0.717, 1.165) is 24.2 Å². The second-order valence-electron chi connectivity index (χ2n) is 3.83. The highest BCUT2D eigenvalue weighted by molar-refractivity contribution is 5.90. The van der Waals surface area contributed by atoms with Gasteiger partial charge in [-0.25, -0.2) is 0 Å². The number of para-hydroxylation sites is 1. The number of hydrogen-bond acceptors (Lipinski definition) is 1. The van der Waals surface area contributed by atoms with Crippen molar-refractivity contribution in [3.05, 3.63) is 41.2 Å². The number of hydrogen-bond donors (Lipinski definition) is 0. The zero-order valence-corrected chi connectivity index (χ0v) is 8.21. The van der Waals surface area contributed by atoms with E-state index < -0.39 is 0 Å². The van der Waals surface area contributed by atoms with E-state index in [2.05, 4.69) is 37.3 Å². The van der Waals surface area contributed by atoms with Crippen molar-refractivity contribution in [2.75, 3.05) is 0 Å². The van der Waals surface area contributed by atoms with Crippen molar-refractivity contribution in [2.24, 2.45) is 0 Å². The van der Waals surface area contributed by atoms with Crippen LogP contribution < -0.4 is 0 Å². The summed E-state index contributed by atoms with van der Waals surface area (Å²) in [6, 6.07) is 6.33. The molecule has 0 aliphatic heterocycles. The second kappa shape index (κ2) is 2.74. The highest BCUT2D eigenvalue weighted by Gasteiger charge is 2.14. The number of fused-ring (bicyclic) bond motifs is 3. The first kappa shape index (κ1) is 7.86. The van der Waals surface area contributed by atoms with Crippen molar-refractivity contribution in [1.82, 2.24) is 0 Å². The average molecular weight is 184 g/mol. The number of rotatable bonds is 0. The molecule has 0 amide bonds. The SMILES string of the molecule is Cc1cccc2c3c(oc12)CCC=C3. The van der Waals surface area contributed by atoms with Crippen LogP contribution in [-0.2, 0) is 6.42 Å². The molecule has 1 aromatic heterocycles. The van der Waals surface area contributed by atoms with Crippen LogP contribution in [0.3, 0.4) is 0 Å². The third-order valence-electron chi connectivity index (χ3n) is 2.85. The summed E-state index contributed by atoms with van der Waals surface area (Å²) >= 11 is 0. The first-order chi connectivity index (χ1) is 6.86. The van der Waals surface area contributed by atoms with Crippen LogP contribution in [-0.4, -0.2) is 0 Å². The summed E-state index contributed by atoms with van der Waals surface area (Å²) in [5.74, 6) is 1.15. The Morgan fingerprint density at radius 2 is 2.21 bits per heavy atom. The Morgan fingerprint density at radius 1 is 1.29 bits per heavy atom. The summed E-state index contributed by atoms with van der Waals surface area (Å²) in [5, 5.41) is 1.26. The van der Waals surface area contributed by atoms with Gasteiger partial charge in [-0.3, -0.25) is 0 Å². The van der Waals surface area contributed by atoms with Gasteiger partial charge in [0.25, 0.3) is 0 Å². The smallest absolute Gasteiger partial charge is 0.137 e. The van der Waals surface area contributed by atoms with Gasteiger partial charge < -0.3 is 4.42 Å². The fraction of sp³-hybridized carbons (Fsp3) is 0.231. The molecule has 3 rings (SSSR count). The van der Waals surface area contributed by atoms with Crippen LogP contribution in [0.25, 0.3) is 17.0 Å². The predicted molar refractivity (Wildman–Crippen MR) is 58.3 cm³/mol. The zero-order valence-electron chi connectivity index (χ0n) is 8.21. The average Bonchev–Trinajstić information content (AvgIpc) is 2.59. The topological polar surface area (TPSA) is 13.1 Å². The van der Waals surface area contributed by atoms with Gasteiger partial charge >= 0.3 is 0 Å². The lowest BCUT2D eigenvalue weighted by atomic mass is 10.0. The molecule has 1 aliphatic rings. The van der Waals surface area contributed by atoms with Crippen molar-refractivity contribution in [3.63, 3.8) is 0 Å². The molecule has 0 saturated carbocycles. The molecule has 0 unspecified atom stereocenters. The molecule has 14 heavy (non-hydrogen) atoms. The first-order valence-corrected chi connectivity index (χ1v) is 5.04. The van der Waals surface area contributed by atoms with Crippen LogP contribution in [0.15, 0.2) is 28.7 Å². The third-order valence-corrected chi connectivity index (χ3v) is 2.85. The minimum absolute atomic E-state index is 1.04. The molecule has 0 saturated heterocycles. The minimum Gasteiger partial charge on any atom is -0.460 e. The van der Waals surface area contributed by atoms with Gasteiger partial charge in [0.15, 0.2) is 0 Å². The summed E-state index contributed by atoms with van der Waals surface area (Å²) < 4.78 is 5.87. The van der Waals surface area contributed by atoms with Gasteiger partial charge in [0.1, 0.15) is 11.3 Å². The van der Waals surface area contributed by atoms with E-state index in [0.29, 0.717) is 0 Å². The largest absolute Gasteiger partial charge is 0.460 e. The molecule has 0 fully saturated rings. The molecule has 70 valence electrons. The first-order valence-electron chi connectivity index (χ1n) is 5.04. The van der Waals surface area contributed by atoms with Crippen molar-refractivity contribution in [3.8, 4) is 0 Å². The highest BCUT2D eigenvalue weighted by atomic mass is 16.3. The van der Waals surface area contributed by atoms with Crippen LogP contribution >= 0.6 is 0 Å². The second-order valence-corrected chi connectivity index (χ2v) is 3.83. The van der Waals surface area contributed by atoms with Crippen LogP contribution in [0, 0.1) is 6.92 Å². The van der Waals surface area contributed by atoms with Crippen molar-refractivity contribution in [2.45, 2.75) is 19.8 Å². The van der Waals surface area contributed by atoms with Crippen LogP contribution in [0.1, 0.15) is 23.3 Å². The molecule has 0 spiro atoms. The van der Waals surface area contributed by atoms with E-state index >= 15 is 0 Å². The summed E-state index contributed by atoms with van der Waals surface area (Å²) in [6.45, 7) is 2.10. The Balaban J connectivity index is 2.43. The summed E-state index contributed by atoms with van der Waals surface area (Å²) in [6.07, 6.45) is 6.55. The molecule has 1 heterocycles. The van der Waals surface area contributed by atoms with E-state index in [1.54, 1.807) is 0 Å².